The van der Waals surface area contributed by atoms with Crippen molar-refractivity contribution < 1.29 is 46.1 Å². The zero-order valence-electron chi connectivity index (χ0n) is 31.0. The van der Waals surface area contributed by atoms with Gasteiger partial charge in [-0.3, -0.25) is 0 Å². The third-order valence-electron chi connectivity index (χ3n) is 11.2. The summed E-state index contributed by atoms with van der Waals surface area (Å²) < 4.78 is 4.49. The number of unbranched alkanes of at least 4 members (excludes halogenated alkanes) is 2. The molecule has 0 saturated heterocycles. The Morgan fingerprint density at radius 1 is 0.700 bits per heavy atom. The van der Waals surface area contributed by atoms with Crippen LogP contribution in [0.15, 0.2) is 109 Å². The Kier molecular flexibility index (Phi) is 15.8. The Balaban J connectivity index is 0.00000281. The molecule has 0 fully saturated rings. The maximum Gasteiger partial charge on any atom is -1.00 e. The van der Waals surface area contributed by atoms with Gasteiger partial charge in [0, 0.05) is 0 Å². The van der Waals surface area contributed by atoms with Crippen molar-refractivity contribution in [2.24, 2.45) is 11.8 Å². The minimum atomic E-state index is -2.36. The summed E-state index contributed by atoms with van der Waals surface area (Å²) in [5, 5.41) is 0. The van der Waals surface area contributed by atoms with Crippen LogP contribution in [-0.4, -0.2) is 3.21 Å². The van der Waals surface area contributed by atoms with Crippen LogP contribution in [0.25, 0.3) is 11.1 Å². The molecule has 3 heteroatoms. The van der Waals surface area contributed by atoms with Crippen LogP contribution in [-0.2, 0) is 47.0 Å². The molecule has 0 radical (unpaired) electrons. The van der Waals surface area contributed by atoms with Crippen molar-refractivity contribution in [2.75, 3.05) is 0 Å². The molecule has 0 spiro atoms. The summed E-state index contributed by atoms with van der Waals surface area (Å²) in [6, 6.07) is 32.4. The third-order valence-corrected chi connectivity index (χ3v) is 19.7. The van der Waals surface area contributed by atoms with E-state index in [1.165, 1.54) is 78.3 Å². The average molecular weight is 783 g/mol. The van der Waals surface area contributed by atoms with Crippen molar-refractivity contribution in [1.29, 1.82) is 0 Å². The van der Waals surface area contributed by atoms with E-state index in [-0.39, 0.29) is 24.8 Å². The normalized spacial score (nSPS) is 13.8. The largest absolute Gasteiger partial charge is 1.00 e. The molecule has 50 heavy (non-hydrogen) atoms. The van der Waals surface area contributed by atoms with Gasteiger partial charge in [-0.25, -0.2) is 0 Å². The fourth-order valence-electron chi connectivity index (χ4n) is 8.16. The molecule has 0 aliphatic heterocycles. The molecule has 6 rings (SSSR count). The van der Waals surface area contributed by atoms with E-state index in [1.54, 1.807) is 16.7 Å². The molecule has 4 aromatic carbocycles. The molecule has 0 amide bonds. The van der Waals surface area contributed by atoms with E-state index in [0.29, 0.717) is 15.5 Å². The van der Waals surface area contributed by atoms with Crippen molar-refractivity contribution in [2.45, 2.75) is 102 Å². The number of fused-ring (bicyclic) bond motifs is 3. The summed E-state index contributed by atoms with van der Waals surface area (Å²) in [7, 11) is 0. The molecule has 2 aliphatic carbocycles. The van der Waals surface area contributed by atoms with E-state index in [4.69, 9.17) is 0 Å². The summed E-state index contributed by atoms with van der Waals surface area (Å²) in [6.07, 6.45) is 22.2. The van der Waals surface area contributed by atoms with Crippen LogP contribution in [0.1, 0.15) is 105 Å². The van der Waals surface area contributed by atoms with Gasteiger partial charge in [0.05, 0.1) is 0 Å². The number of halogens is 2. The van der Waals surface area contributed by atoms with Crippen LogP contribution < -0.4 is 28.1 Å². The van der Waals surface area contributed by atoms with Gasteiger partial charge in [0.2, 0.25) is 0 Å². The first-order chi connectivity index (χ1) is 23.5. The molecule has 0 saturated carbocycles. The van der Waals surface area contributed by atoms with Gasteiger partial charge in [0.1, 0.15) is 0 Å². The fraction of sp³-hybridized carbons (Fsp3) is 0.383. The summed E-state index contributed by atoms with van der Waals surface area (Å²) >= 11 is -2.36. The zero-order valence-corrected chi connectivity index (χ0v) is 34.9. The number of benzene rings is 4. The number of hydrogen-bond acceptors (Lipinski definition) is 0. The molecule has 2 unspecified atom stereocenters. The first kappa shape index (κ1) is 40.5. The Morgan fingerprint density at radius 2 is 1.30 bits per heavy atom. The molecule has 0 bridgehead atoms. The van der Waals surface area contributed by atoms with Gasteiger partial charge in [-0.2, -0.15) is 0 Å². The predicted molar refractivity (Wildman–Crippen MR) is 207 cm³/mol. The van der Waals surface area contributed by atoms with Crippen LogP contribution >= 0.6 is 0 Å². The maximum absolute atomic E-state index is 2.60. The number of rotatable bonds is 15. The zero-order chi connectivity index (χ0) is 33.5. The van der Waals surface area contributed by atoms with E-state index in [0.717, 1.165) is 19.3 Å². The Labute approximate surface area is 323 Å². The Bertz CT molecular complexity index is 1760. The van der Waals surface area contributed by atoms with E-state index in [2.05, 4.69) is 144 Å². The second kappa shape index (κ2) is 19.5. The molecular formula is C47H56Cl2Zr. The topological polar surface area (TPSA) is 0 Å². The van der Waals surface area contributed by atoms with Crippen molar-refractivity contribution in [3.63, 3.8) is 0 Å². The van der Waals surface area contributed by atoms with Crippen LogP contribution in [0.3, 0.4) is 0 Å². The van der Waals surface area contributed by atoms with Crippen LogP contribution in [0, 0.1) is 18.8 Å². The van der Waals surface area contributed by atoms with E-state index < -0.39 is 21.3 Å². The monoisotopic (exact) mass is 780 g/mol. The van der Waals surface area contributed by atoms with Crippen LogP contribution in [0.5, 0.6) is 0 Å². The maximum atomic E-state index is 2.60. The molecule has 0 N–H and O–H groups in total. The molecule has 0 heterocycles. The average Bonchev–Trinajstić information content (AvgIpc) is 3.76. The SMILES string of the molecule is CCCC[C](CCCC)=[Zr+2]([c]1c(CC(C)C(C)Cc2ccccc2)ccc2c1Cc1cc(C)c(Cc3ccccc3)cc1-2)[CH]1C=CC=C1.[Cl-].[Cl-]. The van der Waals surface area contributed by atoms with Crippen molar-refractivity contribution in [3.8, 4) is 11.1 Å². The van der Waals surface area contributed by atoms with Gasteiger partial charge in [-0.05, 0) is 0 Å². The van der Waals surface area contributed by atoms with E-state index in [9.17, 15) is 0 Å². The number of hydrogen-bond donors (Lipinski definition) is 0. The van der Waals surface area contributed by atoms with Crippen LogP contribution in [0.4, 0.5) is 0 Å². The van der Waals surface area contributed by atoms with Gasteiger partial charge in [0.15, 0.2) is 0 Å². The predicted octanol–water partition coefficient (Wildman–Crippen LogP) is 5.93. The standard InChI is InChI=1S/C33H33.C9H18.C5H5.2ClH.Zr/c1-23(16-26-10-6-4-7-11-26)24(2)17-28-14-15-32-31(20-28)21-30-18-25(3)29(22-33(30)32)19-27-12-8-5-9-13-27;1-3-5-7-9-8-6-4-2;1-2-4-5-3-1;;;/h4-15,18,22-24H,16-17,19,21H2,1-3H3;3-8H2,1-2H3;1-5H;2*1H;/q;;;;;+2/p-2. The van der Waals surface area contributed by atoms with Gasteiger partial charge in [-0.1, -0.05) is 0 Å². The molecule has 2 aliphatic rings. The third kappa shape index (κ3) is 9.56. The van der Waals surface area contributed by atoms with Crippen molar-refractivity contribution >= 4 is 6.48 Å². The molecule has 0 aromatic heterocycles. The smallest absolute Gasteiger partial charge is 1.00 e. The molecule has 0 nitrogen and oxygen atoms in total. The van der Waals surface area contributed by atoms with Crippen molar-refractivity contribution in [3.05, 3.63) is 148 Å². The molecule has 4 aromatic rings. The van der Waals surface area contributed by atoms with Gasteiger partial charge in [-0.15, -0.1) is 0 Å². The van der Waals surface area contributed by atoms with Crippen LogP contribution in [0.2, 0.25) is 3.63 Å². The van der Waals surface area contributed by atoms with E-state index >= 15 is 0 Å². The quantitative estimate of drug-likeness (QED) is 0.124. The van der Waals surface area contributed by atoms with Gasteiger partial charge < -0.3 is 24.8 Å². The molecule has 2 atom stereocenters. The molecule has 262 valence electrons. The Morgan fingerprint density at radius 3 is 1.92 bits per heavy atom. The summed E-state index contributed by atoms with van der Waals surface area (Å²) in [4.78, 5) is 0. The van der Waals surface area contributed by atoms with Gasteiger partial charge >= 0.3 is 301 Å². The fourth-order valence-corrected chi connectivity index (χ4v) is 17.3. The summed E-state index contributed by atoms with van der Waals surface area (Å²) in [5.41, 5.74) is 13.8. The summed E-state index contributed by atoms with van der Waals surface area (Å²) in [6.45, 7) is 12.1. The summed E-state index contributed by atoms with van der Waals surface area (Å²) in [5.74, 6) is 1.26. The minimum absolute atomic E-state index is 0. The number of allylic oxidation sites excluding steroid dienone is 4. The minimum Gasteiger partial charge on any atom is -1.00 e. The second-order valence-corrected chi connectivity index (χ2v) is 21.4. The van der Waals surface area contributed by atoms with Crippen molar-refractivity contribution in [1.82, 2.24) is 0 Å². The Hall–Kier alpha value is -2.31. The first-order valence-corrected chi connectivity index (χ1v) is 22.8. The first-order valence-electron chi connectivity index (χ1n) is 18.9. The van der Waals surface area contributed by atoms with Gasteiger partial charge in [0.25, 0.3) is 0 Å². The van der Waals surface area contributed by atoms with E-state index in [1.807, 2.05) is 6.48 Å². The number of aryl methyl sites for hydroxylation is 1. The molecular weight excluding hydrogens is 727 g/mol. The second-order valence-electron chi connectivity index (χ2n) is 14.8.